The monoisotopic (exact) mass is 385 g/mol. The Labute approximate surface area is 139 Å². The summed E-state index contributed by atoms with van der Waals surface area (Å²) in [7, 11) is 0. The summed E-state index contributed by atoms with van der Waals surface area (Å²) in [5.41, 5.74) is 2.07. The molecule has 0 aliphatic heterocycles. The molecule has 3 aromatic rings. The van der Waals surface area contributed by atoms with E-state index in [1.165, 1.54) is 4.70 Å². The molecule has 1 nitrogen and oxygen atoms in total. The summed E-state index contributed by atoms with van der Waals surface area (Å²) in [4.78, 5) is 4.62. The van der Waals surface area contributed by atoms with Gasteiger partial charge in [-0.3, -0.25) is 0 Å². The van der Waals surface area contributed by atoms with Crippen LogP contribution in [0, 0.1) is 0 Å². The van der Waals surface area contributed by atoms with Crippen molar-refractivity contribution >= 4 is 60.7 Å². The second-order valence-electron chi connectivity index (χ2n) is 4.41. The molecule has 1 unspecified atom stereocenters. The fourth-order valence-electron chi connectivity index (χ4n) is 2.03. The van der Waals surface area contributed by atoms with Gasteiger partial charge in [0.15, 0.2) is 0 Å². The second kappa shape index (κ2) is 6.02. The summed E-state index contributed by atoms with van der Waals surface area (Å²) in [6.45, 7) is 0. The third-order valence-corrected chi connectivity index (χ3v) is 5.36. The number of para-hydroxylation sites is 1. The molecule has 0 fully saturated rings. The fraction of sp³-hybridized carbons (Fsp3) is 0.133. The van der Waals surface area contributed by atoms with Gasteiger partial charge in [0.1, 0.15) is 0 Å². The predicted molar refractivity (Wildman–Crippen MR) is 91.1 cm³/mol. The Balaban J connectivity index is 1.86. The lowest BCUT2D eigenvalue weighted by atomic mass is 10.1. The summed E-state index contributed by atoms with van der Waals surface area (Å²) in [5, 5.41) is 1.62. The molecule has 20 heavy (non-hydrogen) atoms. The molecular formula is C15H10BrCl2NS. The van der Waals surface area contributed by atoms with E-state index >= 15 is 0 Å². The number of nitrogens with zero attached hydrogens (tertiary/aromatic N) is 1. The predicted octanol–water partition coefficient (Wildman–Crippen LogP) is 6.23. The highest BCUT2D eigenvalue weighted by Crippen LogP contribution is 2.34. The maximum Gasteiger partial charge on any atom is 0.0956 e. The van der Waals surface area contributed by atoms with Gasteiger partial charge in [-0.05, 0) is 29.8 Å². The molecule has 0 saturated heterocycles. The first kappa shape index (κ1) is 14.3. The minimum atomic E-state index is -0.123. The van der Waals surface area contributed by atoms with Crippen molar-refractivity contribution < 1.29 is 0 Å². The normalized spacial score (nSPS) is 12.8. The van der Waals surface area contributed by atoms with Crippen LogP contribution in [0.1, 0.15) is 15.9 Å². The quantitative estimate of drug-likeness (QED) is 0.485. The van der Waals surface area contributed by atoms with Crippen LogP contribution in [0.5, 0.6) is 0 Å². The third-order valence-electron chi connectivity index (χ3n) is 2.99. The van der Waals surface area contributed by atoms with Crippen molar-refractivity contribution in [2.75, 3.05) is 0 Å². The number of alkyl halides is 1. The SMILES string of the molecule is Clc1ccc(C(Cl)Cc2nc3ccccc3s2)c(Br)c1. The van der Waals surface area contributed by atoms with E-state index in [1.807, 2.05) is 36.4 Å². The summed E-state index contributed by atoms with van der Waals surface area (Å²) in [5.74, 6) is 0. The lowest BCUT2D eigenvalue weighted by Crippen LogP contribution is -1.96. The minimum Gasteiger partial charge on any atom is -0.241 e. The van der Waals surface area contributed by atoms with E-state index in [0.717, 1.165) is 20.6 Å². The Morgan fingerprint density at radius 3 is 2.75 bits per heavy atom. The number of benzene rings is 2. The van der Waals surface area contributed by atoms with Crippen LogP contribution in [0.4, 0.5) is 0 Å². The molecule has 1 aromatic heterocycles. The van der Waals surface area contributed by atoms with Crippen molar-refractivity contribution in [1.82, 2.24) is 4.98 Å². The van der Waals surface area contributed by atoms with Gasteiger partial charge in [-0.25, -0.2) is 4.98 Å². The maximum atomic E-state index is 6.52. The van der Waals surface area contributed by atoms with Crippen molar-refractivity contribution in [3.63, 3.8) is 0 Å². The van der Waals surface area contributed by atoms with Gasteiger partial charge in [-0.15, -0.1) is 22.9 Å². The number of aromatic nitrogens is 1. The van der Waals surface area contributed by atoms with Crippen LogP contribution in [0.25, 0.3) is 10.2 Å². The fourth-order valence-corrected chi connectivity index (χ4v) is 4.56. The van der Waals surface area contributed by atoms with Crippen LogP contribution in [0.3, 0.4) is 0 Å². The van der Waals surface area contributed by atoms with Gasteiger partial charge in [-0.1, -0.05) is 45.7 Å². The van der Waals surface area contributed by atoms with Crippen molar-refractivity contribution in [1.29, 1.82) is 0 Å². The molecule has 1 atom stereocenters. The summed E-state index contributed by atoms with van der Waals surface area (Å²) >= 11 is 17.7. The van der Waals surface area contributed by atoms with Crippen molar-refractivity contribution in [3.8, 4) is 0 Å². The van der Waals surface area contributed by atoms with Gasteiger partial charge in [0.05, 0.1) is 20.6 Å². The van der Waals surface area contributed by atoms with Crippen molar-refractivity contribution in [3.05, 3.63) is 62.5 Å². The summed E-state index contributed by atoms with van der Waals surface area (Å²) in [6.07, 6.45) is 0.709. The van der Waals surface area contributed by atoms with Crippen LogP contribution in [0.2, 0.25) is 5.02 Å². The molecule has 0 radical (unpaired) electrons. The van der Waals surface area contributed by atoms with E-state index < -0.39 is 0 Å². The molecule has 1 heterocycles. The number of fused-ring (bicyclic) bond motifs is 1. The highest BCUT2D eigenvalue weighted by Gasteiger charge is 2.15. The zero-order chi connectivity index (χ0) is 14.1. The topological polar surface area (TPSA) is 12.9 Å². The molecule has 0 bridgehead atoms. The van der Waals surface area contributed by atoms with Gasteiger partial charge in [0.25, 0.3) is 0 Å². The first-order chi connectivity index (χ1) is 9.63. The van der Waals surface area contributed by atoms with E-state index in [-0.39, 0.29) is 5.38 Å². The van der Waals surface area contributed by atoms with Gasteiger partial charge in [-0.2, -0.15) is 0 Å². The van der Waals surface area contributed by atoms with Crippen LogP contribution in [-0.4, -0.2) is 4.98 Å². The number of rotatable bonds is 3. The second-order valence-corrected chi connectivity index (χ2v) is 7.35. The number of hydrogen-bond donors (Lipinski definition) is 0. The average molecular weight is 387 g/mol. The van der Waals surface area contributed by atoms with Gasteiger partial charge in [0, 0.05) is 15.9 Å². The van der Waals surface area contributed by atoms with Crippen LogP contribution in [0.15, 0.2) is 46.9 Å². The molecule has 2 aromatic carbocycles. The Kier molecular flexibility index (Phi) is 4.32. The van der Waals surface area contributed by atoms with E-state index in [9.17, 15) is 0 Å². The Morgan fingerprint density at radius 2 is 2.00 bits per heavy atom. The van der Waals surface area contributed by atoms with E-state index in [1.54, 1.807) is 11.3 Å². The van der Waals surface area contributed by atoms with Gasteiger partial charge < -0.3 is 0 Å². The van der Waals surface area contributed by atoms with Crippen LogP contribution < -0.4 is 0 Å². The minimum absolute atomic E-state index is 0.123. The summed E-state index contributed by atoms with van der Waals surface area (Å²) in [6, 6.07) is 13.8. The van der Waals surface area contributed by atoms with Crippen molar-refractivity contribution in [2.45, 2.75) is 11.8 Å². The smallest absolute Gasteiger partial charge is 0.0956 e. The highest BCUT2D eigenvalue weighted by molar-refractivity contribution is 9.10. The largest absolute Gasteiger partial charge is 0.241 e. The number of thiazole rings is 1. The van der Waals surface area contributed by atoms with Crippen LogP contribution >= 0.6 is 50.5 Å². The molecule has 0 aliphatic rings. The zero-order valence-electron chi connectivity index (χ0n) is 10.3. The average Bonchev–Trinajstić information content (AvgIpc) is 2.80. The molecule has 0 aliphatic carbocycles. The Morgan fingerprint density at radius 1 is 1.20 bits per heavy atom. The van der Waals surface area contributed by atoms with Crippen LogP contribution in [-0.2, 0) is 6.42 Å². The highest BCUT2D eigenvalue weighted by atomic mass is 79.9. The maximum absolute atomic E-state index is 6.52. The van der Waals surface area contributed by atoms with E-state index in [2.05, 4.69) is 27.0 Å². The molecule has 102 valence electrons. The lowest BCUT2D eigenvalue weighted by Gasteiger charge is -2.10. The molecule has 0 N–H and O–H groups in total. The molecule has 0 amide bonds. The number of halogens is 3. The molecule has 0 saturated carbocycles. The Hall–Kier alpha value is -0.610. The van der Waals surface area contributed by atoms with Crippen molar-refractivity contribution in [2.24, 2.45) is 0 Å². The lowest BCUT2D eigenvalue weighted by molar-refractivity contribution is 0.906. The van der Waals surface area contributed by atoms with Gasteiger partial charge >= 0.3 is 0 Å². The molecular weight excluding hydrogens is 377 g/mol. The number of hydrogen-bond acceptors (Lipinski definition) is 2. The van der Waals surface area contributed by atoms with Gasteiger partial charge in [0.2, 0.25) is 0 Å². The standard InChI is InChI=1S/C15H10BrCl2NS/c16-11-7-9(17)5-6-10(11)12(18)8-15-19-13-3-1-2-4-14(13)20-15/h1-7,12H,8H2. The molecule has 3 rings (SSSR count). The molecule has 5 heteroatoms. The summed E-state index contributed by atoms with van der Waals surface area (Å²) < 4.78 is 2.13. The zero-order valence-corrected chi connectivity index (χ0v) is 14.2. The Bertz CT molecular complexity index is 723. The first-order valence-electron chi connectivity index (χ1n) is 6.07. The molecule has 0 spiro atoms. The third kappa shape index (κ3) is 3.01. The van der Waals surface area contributed by atoms with E-state index in [0.29, 0.717) is 11.4 Å². The first-order valence-corrected chi connectivity index (χ1v) is 8.49. The van der Waals surface area contributed by atoms with E-state index in [4.69, 9.17) is 23.2 Å².